The van der Waals surface area contributed by atoms with Gasteiger partial charge in [0.15, 0.2) is 0 Å². The molecule has 0 bridgehead atoms. The van der Waals surface area contributed by atoms with Crippen LogP contribution in [0, 0.1) is 10.1 Å². The average Bonchev–Trinajstić information content (AvgIpc) is 3.08. The van der Waals surface area contributed by atoms with Crippen LogP contribution in [0.5, 0.6) is 0 Å². The number of rotatable bonds is 8. The van der Waals surface area contributed by atoms with Crippen molar-refractivity contribution in [2.24, 2.45) is 0 Å². The molecular formula is C16H23N3O6S. The second-order valence-corrected chi connectivity index (χ2v) is 8.86. The molecule has 1 heterocycles. The number of nitrogens with one attached hydrogen (secondary N) is 1. The minimum Gasteiger partial charge on any atom is -0.481 e. The molecule has 1 aromatic carbocycles. The topological polar surface area (TPSA) is 130 Å². The third kappa shape index (κ3) is 4.70. The van der Waals surface area contributed by atoms with Gasteiger partial charge in [-0.25, -0.2) is 8.42 Å². The molecule has 2 rings (SSSR count). The van der Waals surface area contributed by atoms with E-state index in [1.807, 2.05) is 0 Å². The van der Waals surface area contributed by atoms with E-state index in [4.69, 9.17) is 5.11 Å². The first-order valence-corrected chi connectivity index (χ1v) is 9.75. The van der Waals surface area contributed by atoms with Crippen molar-refractivity contribution < 1.29 is 23.2 Å². The number of hydrogen-bond acceptors (Lipinski definition) is 6. The van der Waals surface area contributed by atoms with Crippen LogP contribution in [0.3, 0.4) is 0 Å². The SMILES string of the molecule is CC(C)(CCC(=O)O)Nc1ccc([N+](=O)[O-])cc1S(=O)(=O)N1CCCC1. The second kappa shape index (κ2) is 7.58. The molecule has 0 aromatic heterocycles. The molecule has 1 aliphatic rings. The Morgan fingerprint density at radius 3 is 2.50 bits per heavy atom. The average molecular weight is 385 g/mol. The normalized spacial score (nSPS) is 15.8. The van der Waals surface area contributed by atoms with E-state index in [0.29, 0.717) is 13.1 Å². The smallest absolute Gasteiger partial charge is 0.303 e. The van der Waals surface area contributed by atoms with Gasteiger partial charge in [0.25, 0.3) is 5.69 Å². The summed E-state index contributed by atoms with van der Waals surface area (Å²) in [6.45, 7) is 4.27. The first-order chi connectivity index (χ1) is 12.0. The summed E-state index contributed by atoms with van der Waals surface area (Å²) >= 11 is 0. The highest BCUT2D eigenvalue weighted by molar-refractivity contribution is 7.89. The van der Waals surface area contributed by atoms with Gasteiger partial charge < -0.3 is 10.4 Å². The van der Waals surface area contributed by atoms with Crippen molar-refractivity contribution in [2.45, 2.75) is 50.0 Å². The molecule has 0 unspecified atom stereocenters. The minimum absolute atomic E-state index is 0.0822. The van der Waals surface area contributed by atoms with Gasteiger partial charge in [0.1, 0.15) is 4.90 Å². The summed E-state index contributed by atoms with van der Waals surface area (Å²) in [4.78, 5) is 21.1. The van der Waals surface area contributed by atoms with Crippen LogP contribution in [0.4, 0.5) is 11.4 Å². The standard InChI is InChI=1S/C16H23N3O6S/c1-16(2,8-7-15(20)21)17-13-6-5-12(19(22)23)11-14(13)26(24,25)18-9-3-4-10-18/h5-6,11,17H,3-4,7-10H2,1-2H3,(H,20,21). The number of benzene rings is 1. The van der Waals surface area contributed by atoms with Gasteiger partial charge in [-0.15, -0.1) is 0 Å². The number of anilines is 1. The summed E-state index contributed by atoms with van der Waals surface area (Å²) in [5.74, 6) is -0.950. The number of aliphatic carboxylic acids is 1. The van der Waals surface area contributed by atoms with Crippen molar-refractivity contribution in [1.29, 1.82) is 0 Å². The molecule has 0 aliphatic carbocycles. The summed E-state index contributed by atoms with van der Waals surface area (Å²) < 4.78 is 27.2. The van der Waals surface area contributed by atoms with Gasteiger partial charge in [0.05, 0.1) is 10.6 Å². The van der Waals surface area contributed by atoms with Gasteiger partial charge in [-0.2, -0.15) is 4.31 Å². The predicted molar refractivity (Wildman–Crippen MR) is 95.7 cm³/mol. The first kappa shape index (κ1) is 20.1. The second-order valence-electron chi connectivity index (χ2n) is 6.95. The van der Waals surface area contributed by atoms with Gasteiger partial charge in [-0.3, -0.25) is 14.9 Å². The molecule has 0 radical (unpaired) electrons. The fraction of sp³-hybridized carbons (Fsp3) is 0.562. The molecule has 0 atom stereocenters. The molecule has 0 spiro atoms. The number of hydrogen-bond donors (Lipinski definition) is 2. The van der Waals surface area contributed by atoms with E-state index < -0.39 is 26.5 Å². The van der Waals surface area contributed by atoms with E-state index in [1.165, 1.54) is 16.4 Å². The summed E-state index contributed by atoms with van der Waals surface area (Å²) in [6, 6.07) is 3.66. The molecule has 10 heteroatoms. The van der Waals surface area contributed by atoms with Crippen molar-refractivity contribution in [3.8, 4) is 0 Å². The Balaban J connectivity index is 2.42. The van der Waals surface area contributed by atoms with Gasteiger partial charge in [-0.1, -0.05) is 0 Å². The van der Waals surface area contributed by atoms with Crippen molar-refractivity contribution >= 4 is 27.4 Å². The Kier molecular flexibility index (Phi) is 5.87. The number of nitro groups is 1. The number of carboxylic acids is 1. The van der Waals surface area contributed by atoms with E-state index in [2.05, 4.69) is 5.32 Å². The lowest BCUT2D eigenvalue weighted by atomic mass is 9.98. The van der Waals surface area contributed by atoms with Crippen LogP contribution in [0.2, 0.25) is 0 Å². The fourth-order valence-electron chi connectivity index (χ4n) is 2.86. The fourth-order valence-corrected chi connectivity index (χ4v) is 4.54. The molecule has 1 saturated heterocycles. The number of nitrogens with zero attached hydrogens (tertiary/aromatic N) is 2. The van der Waals surface area contributed by atoms with Gasteiger partial charge in [0.2, 0.25) is 10.0 Å². The largest absolute Gasteiger partial charge is 0.481 e. The maximum Gasteiger partial charge on any atom is 0.303 e. The van der Waals surface area contributed by atoms with Crippen LogP contribution >= 0.6 is 0 Å². The number of carboxylic acid groups (broad SMARTS) is 1. The summed E-state index contributed by atoms with van der Waals surface area (Å²) in [7, 11) is -3.88. The molecule has 0 saturated carbocycles. The molecule has 2 N–H and O–H groups in total. The quantitative estimate of drug-likeness (QED) is 0.519. The lowest BCUT2D eigenvalue weighted by Crippen LogP contribution is -2.34. The van der Waals surface area contributed by atoms with Crippen molar-refractivity contribution in [3.05, 3.63) is 28.3 Å². The third-order valence-electron chi connectivity index (χ3n) is 4.30. The van der Waals surface area contributed by atoms with Crippen LogP contribution in [-0.2, 0) is 14.8 Å². The lowest BCUT2D eigenvalue weighted by Gasteiger charge is -2.29. The minimum atomic E-state index is -3.88. The van der Waals surface area contributed by atoms with Gasteiger partial charge in [-0.05, 0) is 39.2 Å². The Morgan fingerprint density at radius 2 is 1.96 bits per heavy atom. The van der Waals surface area contributed by atoms with Crippen LogP contribution in [0.1, 0.15) is 39.5 Å². The van der Waals surface area contributed by atoms with Gasteiger partial charge in [0, 0.05) is 37.2 Å². The highest BCUT2D eigenvalue weighted by Crippen LogP contribution is 2.33. The molecular weight excluding hydrogens is 362 g/mol. The van der Waals surface area contributed by atoms with Gasteiger partial charge >= 0.3 is 5.97 Å². The van der Waals surface area contributed by atoms with E-state index in [1.54, 1.807) is 13.8 Å². The highest BCUT2D eigenvalue weighted by atomic mass is 32.2. The first-order valence-electron chi connectivity index (χ1n) is 8.31. The maximum absolute atomic E-state index is 13.0. The lowest BCUT2D eigenvalue weighted by molar-refractivity contribution is -0.385. The molecule has 26 heavy (non-hydrogen) atoms. The number of non-ortho nitro benzene ring substituents is 1. The Bertz CT molecular complexity index is 800. The Hall–Kier alpha value is -2.20. The van der Waals surface area contributed by atoms with Crippen molar-refractivity contribution in [2.75, 3.05) is 18.4 Å². The molecule has 9 nitrogen and oxygen atoms in total. The van der Waals surface area contributed by atoms with E-state index in [-0.39, 0.29) is 29.1 Å². The monoisotopic (exact) mass is 385 g/mol. The molecule has 1 aliphatic heterocycles. The van der Waals surface area contributed by atoms with Crippen LogP contribution in [-0.4, -0.2) is 47.4 Å². The van der Waals surface area contributed by atoms with E-state index >= 15 is 0 Å². The number of carbonyl (C=O) groups is 1. The number of nitro benzene ring substituents is 1. The Labute approximate surface area is 152 Å². The Morgan fingerprint density at radius 1 is 1.35 bits per heavy atom. The third-order valence-corrected chi connectivity index (χ3v) is 6.23. The van der Waals surface area contributed by atoms with E-state index in [9.17, 15) is 23.3 Å². The summed E-state index contributed by atoms with van der Waals surface area (Å²) in [6.07, 6.45) is 1.69. The summed E-state index contributed by atoms with van der Waals surface area (Å²) in [5, 5.41) is 23.0. The molecule has 144 valence electrons. The molecule has 1 fully saturated rings. The zero-order chi connectivity index (χ0) is 19.5. The van der Waals surface area contributed by atoms with Crippen LogP contribution in [0.25, 0.3) is 0 Å². The summed E-state index contributed by atoms with van der Waals surface area (Å²) in [5.41, 5.74) is -0.779. The molecule has 0 amide bonds. The predicted octanol–water partition coefficient (Wildman–Crippen LogP) is 2.43. The molecule has 1 aromatic rings. The van der Waals surface area contributed by atoms with Crippen molar-refractivity contribution in [3.63, 3.8) is 0 Å². The highest BCUT2D eigenvalue weighted by Gasteiger charge is 2.32. The van der Waals surface area contributed by atoms with Crippen LogP contribution < -0.4 is 5.32 Å². The van der Waals surface area contributed by atoms with Crippen molar-refractivity contribution in [1.82, 2.24) is 4.31 Å². The maximum atomic E-state index is 13.0. The zero-order valence-electron chi connectivity index (χ0n) is 14.8. The van der Waals surface area contributed by atoms with Crippen LogP contribution in [0.15, 0.2) is 23.1 Å². The zero-order valence-corrected chi connectivity index (χ0v) is 15.6. The van der Waals surface area contributed by atoms with E-state index in [0.717, 1.165) is 18.9 Å². The number of sulfonamides is 1.